The molecule has 0 spiro atoms. The number of thioether (sulfide) groups is 1. The standard InChI is InChI=1S/C15H14ClN3S/c1-11-9-13(16)18-19-14(10-17-15(11)19)20-8-7-12-5-3-2-4-6-12/h2-6,9-10H,7-8H2,1H3. The maximum Gasteiger partial charge on any atom is 0.157 e. The molecule has 0 aliphatic carbocycles. The molecule has 0 atom stereocenters. The van der Waals surface area contributed by atoms with Gasteiger partial charge in [0, 0.05) is 5.75 Å². The molecule has 1 aromatic carbocycles. The number of imidazole rings is 1. The number of nitrogens with zero attached hydrogens (tertiary/aromatic N) is 3. The summed E-state index contributed by atoms with van der Waals surface area (Å²) in [5.41, 5.74) is 3.26. The van der Waals surface area contributed by atoms with E-state index in [2.05, 4.69) is 34.3 Å². The monoisotopic (exact) mass is 303 g/mol. The Morgan fingerprint density at radius 1 is 1.25 bits per heavy atom. The number of aryl methyl sites for hydroxylation is 2. The fraction of sp³-hybridized carbons (Fsp3) is 0.200. The summed E-state index contributed by atoms with van der Waals surface area (Å²) < 4.78 is 1.83. The van der Waals surface area contributed by atoms with Crippen molar-refractivity contribution in [3.8, 4) is 0 Å². The van der Waals surface area contributed by atoms with Crippen molar-refractivity contribution in [3.05, 3.63) is 58.9 Å². The Balaban J connectivity index is 1.75. The molecule has 2 heterocycles. The molecule has 0 unspecified atom stereocenters. The van der Waals surface area contributed by atoms with Crippen molar-refractivity contribution in [3.63, 3.8) is 0 Å². The average Bonchev–Trinajstić information content (AvgIpc) is 2.83. The molecule has 2 aromatic heterocycles. The Kier molecular flexibility index (Phi) is 3.94. The van der Waals surface area contributed by atoms with Gasteiger partial charge in [-0.05, 0) is 30.5 Å². The lowest BCUT2D eigenvalue weighted by Crippen LogP contribution is -1.97. The minimum absolute atomic E-state index is 0.498. The molecule has 3 rings (SSSR count). The normalized spacial score (nSPS) is 11.1. The number of fused-ring (bicyclic) bond motifs is 1. The first-order valence-electron chi connectivity index (χ1n) is 6.41. The van der Waals surface area contributed by atoms with Crippen LogP contribution in [-0.2, 0) is 6.42 Å². The van der Waals surface area contributed by atoms with Crippen molar-refractivity contribution >= 4 is 29.0 Å². The van der Waals surface area contributed by atoms with Gasteiger partial charge in [0.1, 0.15) is 10.2 Å². The van der Waals surface area contributed by atoms with Crippen LogP contribution in [0, 0.1) is 6.92 Å². The highest BCUT2D eigenvalue weighted by atomic mass is 35.5. The summed E-state index contributed by atoms with van der Waals surface area (Å²) in [6.07, 6.45) is 2.89. The first kappa shape index (κ1) is 13.5. The fourth-order valence-electron chi connectivity index (χ4n) is 2.08. The van der Waals surface area contributed by atoms with Gasteiger partial charge in [-0.2, -0.15) is 5.10 Å². The first-order chi connectivity index (χ1) is 9.74. The number of benzene rings is 1. The number of aromatic nitrogens is 3. The lowest BCUT2D eigenvalue weighted by atomic mass is 10.2. The highest BCUT2D eigenvalue weighted by molar-refractivity contribution is 7.99. The Morgan fingerprint density at radius 2 is 2.05 bits per heavy atom. The number of halogens is 1. The zero-order chi connectivity index (χ0) is 13.9. The number of hydrogen-bond acceptors (Lipinski definition) is 3. The van der Waals surface area contributed by atoms with Gasteiger partial charge >= 0.3 is 0 Å². The Labute approximate surface area is 127 Å². The number of hydrogen-bond donors (Lipinski definition) is 0. The Hall–Kier alpha value is -1.52. The zero-order valence-corrected chi connectivity index (χ0v) is 12.7. The lowest BCUT2D eigenvalue weighted by Gasteiger charge is -2.03. The van der Waals surface area contributed by atoms with Crippen molar-refractivity contribution in [2.24, 2.45) is 0 Å². The molecule has 20 heavy (non-hydrogen) atoms. The number of rotatable bonds is 4. The molecule has 0 amide bonds. The average molecular weight is 304 g/mol. The van der Waals surface area contributed by atoms with E-state index in [1.807, 2.05) is 29.8 Å². The van der Waals surface area contributed by atoms with Gasteiger partial charge in [-0.3, -0.25) is 0 Å². The molecule has 3 aromatic rings. The van der Waals surface area contributed by atoms with Crippen molar-refractivity contribution < 1.29 is 0 Å². The van der Waals surface area contributed by atoms with Gasteiger partial charge in [0.2, 0.25) is 0 Å². The van der Waals surface area contributed by atoms with Gasteiger partial charge < -0.3 is 0 Å². The van der Waals surface area contributed by atoms with Crippen LogP contribution in [-0.4, -0.2) is 20.4 Å². The molecule has 0 saturated heterocycles. The molecule has 3 nitrogen and oxygen atoms in total. The minimum atomic E-state index is 0.498. The maximum atomic E-state index is 6.01. The van der Waals surface area contributed by atoms with Gasteiger partial charge in [0.25, 0.3) is 0 Å². The first-order valence-corrected chi connectivity index (χ1v) is 7.78. The van der Waals surface area contributed by atoms with Crippen LogP contribution in [0.4, 0.5) is 0 Å². The van der Waals surface area contributed by atoms with E-state index in [-0.39, 0.29) is 0 Å². The van der Waals surface area contributed by atoms with Crippen LogP contribution < -0.4 is 0 Å². The summed E-state index contributed by atoms with van der Waals surface area (Å²) in [6, 6.07) is 12.3. The zero-order valence-electron chi connectivity index (χ0n) is 11.1. The SMILES string of the molecule is Cc1cc(Cl)nn2c(SCCc3ccccc3)cnc12. The van der Waals surface area contributed by atoms with E-state index in [0.29, 0.717) is 5.15 Å². The van der Waals surface area contributed by atoms with Gasteiger partial charge in [-0.25, -0.2) is 9.50 Å². The van der Waals surface area contributed by atoms with E-state index in [1.54, 1.807) is 11.8 Å². The summed E-state index contributed by atoms with van der Waals surface area (Å²) in [6.45, 7) is 1.99. The van der Waals surface area contributed by atoms with Crippen molar-refractivity contribution in [2.45, 2.75) is 18.4 Å². The van der Waals surface area contributed by atoms with Crippen LogP contribution in [0.3, 0.4) is 0 Å². The van der Waals surface area contributed by atoms with Crippen LogP contribution in [0.2, 0.25) is 5.15 Å². The topological polar surface area (TPSA) is 30.2 Å². The predicted molar refractivity (Wildman–Crippen MR) is 83.6 cm³/mol. The van der Waals surface area contributed by atoms with Crippen molar-refractivity contribution in [1.29, 1.82) is 0 Å². The van der Waals surface area contributed by atoms with Gasteiger partial charge in [-0.1, -0.05) is 41.9 Å². The molecule has 0 aliphatic heterocycles. The van der Waals surface area contributed by atoms with Crippen LogP contribution in [0.1, 0.15) is 11.1 Å². The quantitative estimate of drug-likeness (QED) is 0.682. The smallest absolute Gasteiger partial charge is 0.157 e. The molecule has 0 bridgehead atoms. The van der Waals surface area contributed by atoms with E-state index in [0.717, 1.165) is 28.4 Å². The summed E-state index contributed by atoms with van der Waals surface area (Å²) in [7, 11) is 0. The van der Waals surface area contributed by atoms with Gasteiger partial charge in [-0.15, -0.1) is 11.8 Å². The van der Waals surface area contributed by atoms with Crippen LogP contribution in [0.25, 0.3) is 5.65 Å². The molecule has 0 radical (unpaired) electrons. The molecule has 0 saturated carbocycles. The second-order valence-corrected chi connectivity index (χ2v) is 6.07. The molecule has 0 aliphatic rings. The van der Waals surface area contributed by atoms with Gasteiger partial charge in [0.05, 0.1) is 6.20 Å². The fourth-order valence-corrected chi connectivity index (χ4v) is 3.24. The van der Waals surface area contributed by atoms with Crippen LogP contribution in [0.15, 0.2) is 47.6 Å². The highest BCUT2D eigenvalue weighted by Crippen LogP contribution is 2.22. The third-order valence-electron chi connectivity index (χ3n) is 3.07. The van der Waals surface area contributed by atoms with Crippen molar-refractivity contribution in [1.82, 2.24) is 14.6 Å². The lowest BCUT2D eigenvalue weighted by molar-refractivity contribution is 0.849. The maximum absolute atomic E-state index is 6.01. The van der Waals surface area contributed by atoms with Crippen molar-refractivity contribution in [2.75, 3.05) is 5.75 Å². The Morgan fingerprint density at radius 3 is 2.85 bits per heavy atom. The van der Waals surface area contributed by atoms with Crippen LogP contribution >= 0.6 is 23.4 Å². The second-order valence-electron chi connectivity index (χ2n) is 4.57. The van der Waals surface area contributed by atoms with E-state index in [9.17, 15) is 0 Å². The van der Waals surface area contributed by atoms with Gasteiger partial charge in [0.15, 0.2) is 5.65 Å². The van der Waals surface area contributed by atoms with Crippen LogP contribution in [0.5, 0.6) is 0 Å². The van der Waals surface area contributed by atoms with E-state index in [4.69, 9.17) is 11.6 Å². The molecule has 0 fully saturated rings. The van der Waals surface area contributed by atoms with E-state index < -0.39 is 0 Å². The third-order valence-corrected chi connectivity index (χ3v) is 4.24. The molecule has 5 heteroatoms. The third kappa shape index (κ3) is 2.81. The molecular formula is C15H14ClN3S. The molecule has 102 valence electrons. The summed E-state index contributed by atoms with van der Waals surface area (Å²) in [5.74, 6) is 0.991. The summed E-state index contributed by atoms with van der Waals surface area (Å²) in [4.78, 5) is 4.41. The highest BCUT2D eigenvalue weighted by Gasteiger charge is 2.08. The predicted octanol–water partition coefficient (Wildman–Crippen LogP) is 4.03. The van der Waals surface area contributed by atoms with E-state index in [1.165, 1.54) is 5.56 Å². The molecular weight excluding hydrogens is 290 g/mol. The summed E-state index contributed by atoms with van der Waals surface area (Å²) >= 11 is 7.76. The van der Waals surface area contributed by atoms with E-state index >= 15 is 0 Å². The largest absolute Gasteiger partial charge is 0.234 e. The summed E-state index contributed by atoms with van der Waals surface area (Å²) in [5, 5.41) is 5.85. The second kappa shape index (κ2) is 5.85. The molecule has 0 N–H and O–H groups in total. The minimum Gasteiger partial charge on any atom is -0.234 e. The Bertz CT molecular complexity index is 725.